The van der Waals surface area contributed by atoms with Gasteiger partial charge in [-0.2, -0.15) is 0 Å². The molecule has 0 aliphatic rings. The summed E-state index contributed by atoms with van der Waals surface area (Å²) >= 11 is 3.30. The fourth-order valence-corrected chi connectivity index (χ4v) is 1.70. The van der Waals surface area contributed by atoms with Gasteiger partial charge in [0.15, 0.2) is 0 Å². The van der Waals surface area contributed by atoms with Crippen molar-refractivity contribution in [1.29, 1.82) is 0 Å². The van der Waals surface area contributed by atoms with Gasteiger partial charge < -0.3 is 15.7 Å². The number of hydrogen-bond acceptors (Lipinski definition) is 3. The van der Waals surface area contributed by atoms with Crippen molar-refractivity contribution in [1.82, 2.24) is 10.6 Å². The Labute approximate surface area is 126 Å². The van der Waals surface area contributed by atoms with Crippen molar-refractivity contribution in [3.63, 3.8) is 0 Å². The van der Waals surface area contributed by atoms with Gasteiger partial charge in [0.05, 0.1) is 0 Å². The standard InChI is InChI=1S/C14H19BrN2O3/c1-10(9-18)8-17-13(19)6-7-16-14(20)11-2-4-12(15)5-3-11/h2-5,10,18H,6-9H2,1H3,(H,16,20)(H,17,19). The van der Waals surface area contributed by atoms with Gasteiger partial charge in [-0.25, -0.2) is 0 Å². The summed E-state index contributed by atoms with van der Waals surface area (Å²) in [7, 11) is 0. The fraction of sp³-hybridized carbons (Fsp3) is 0.429. The number of amides is 2. The van der Waals surface area contributed by atoms with Crippen LogP contribution in [0, 0.1) is 5.92 Å². The minimum atomic E-state index is -0.200. The molecular formula is C14H19BrN2O3. The number of aliphatic hydroxyl groups excluding tert-OH is 1. The van der Waals surface area contributed by atoms with Crippen molar-refractivity contribution in [2.24, 2.45) is 5.92 Å². The van der Waals surface area contributed by atoms with Gasteiger partial charge in [0, 0.05) is 36.2 Å². The SMILES string of the molecule is CC(CO)CNC(=O)CCNC(=O)c1ccc(Br)cc1. The average Bonchev–Trinajstić information content (AvgIpc) is 2.45. The predicted molar refractivity (Wildman–Crippen MR) is 80.4 cm³/mol. The number of carbonyl (C=O) groups is 2. The molecular weight excluding hydrogens is 324 g/mol. The lowest BCUT2D eigenvalue weighted by molar-refractivity contribution is -0.121. The lowest BCUT2D eigenvalue weighted by atomic mass is 10.2. The highest BCUT2D eigenvalue weighted by Gasteiger charge is 2.07. The molecule has 0 aliphatic heterocycles. The molecule has 1 unspecified atom stereocenters. The molecule has 1 atom stereocenters. The van der Waals surface area contributed by atoms with E-state index in [1.807, 2.05) is 6.92 Å². The van der Waals surface area contributed by atoms with E-state index in [0.717, 1.165) is 4.47 Å². The van der Waals surface area contributed by atoms with Crippen LogP contribution in [0.25, 0.3) is 0 Å². The number of nitrogens with one attached hydrogen (secondary N) is 2. The highest BCUT2D eigenvalue weighted by atomic mass is 79.9. The summed E-state index contributed by atoms with van der Waals surface area (Å²) in [5.41, 5.74) is 0.558. The Bertz CT molecular complexity index is 448. The Morgan fingerprint density at radius 2 is 1.90 bits per heavy atom. The third kappa shape index (κ3) is 6.16. The predicted octanol–water partition coefficient (Wildman–Crippen LogP) is 1.31. The zero-order valence-electron chi connectivity index (χ0n) is 11.4. The lowest BCUT2D eigenvalue weighted by Gasteiger charge is -2.10. The number of hydrogen-bond donors (Lipinski definition) is 3. The van der Waals surface area contributed by atoms with Gasteiger partial charge >= 0.3 is 0 Å². The third-order valence-electron chi connectivity index (χ3n) is 2.70. The number of aliphatic hydroxyl groups is 1. The van der Waals surface area contributed by atoms with Crippen LogP contribution in [0.15, 0.2) is 28.7 Å². The van der Waals surface area contributed by atoms with E-state index < -0.39 is 0 Å². The minimum Gasteiger partial charge on any atom is -0.396 e. The van der Waals surface area contributed by atoms with Crippen LogP contribution >= 0.6 is 15.9 Å². The van der Waals surface area contributed by atoms with Crippen molar-refractivity contribution in [3.05, 3.63) is 34.3 Å². The highest BCUT2D eigenvalue weighted by molar-refractivity contribution is 9.10. The fourth-order valence-electron chi connectivity index (χ4n) is 1.43. The van der Waals surface area contributed by atoms with Gasteiger partial charge in [-0.05, 0) is 30.2 Å². The van der Waals surface area contributed by atoms with E-state index in [0.29, 0.717) is 12.1 Å². The highest BCUT2D eigenvalue weighted by Crippen LogP contribution is 2.10. The first-order valence-electron chi connectivity index (χ1n) is 6.44. The maximum atomic E-state index is 11.8. The Balaban J connectivity index is 2.25. The second kappa shape index (κ2) is 8.71. The van der Waals surface area contributed by atoms with Crippen molar-refractivity contribution >= 4 is 27.7 Å². The van der Waals surface area contributed by atoms with Gasteiger partial charge in [0.2, 0.25) is 5.91 Å². The molecule has 1 aromatic rings. The number of halogens is 1. The van der Waals surface area contributed by atoms with E-state index in [9.17, 15) is 9.59 Å². The molecule has 20 heavy (non-hydrogen) atoms. The van der Waals surface area contributed by atoms with Crippen molar-refractivity contribution in [3.8, 4) is 0 Å². The van der Waals surface area contributed by atoms with E-state index in [4.69, 9.17) is 5.11 Å². The molecule has 0 bridgehead atoms. The first-order chi connectivity index (χ1) is 9.52. The first-order valence-corrected chi connectivity index (χ1v) is 7.23. The van der Waals surface area contributed by atoms with E-state index in [-0.39, 0.29) is 37.3 Å². The molecule has 0 fully saturated rings. The second-order valence-corrected chi connectivity index (χ2v) is 5.52. The lowest BCUT2D eigenvalue weighted by Crippen LogP contribution is -2.33. The number of carbonyl (C=O) groups excluding carboxylic acids is 2. The smallest absolute Gasteiger partial charge is 0.251 e. The van der Waals surface area contributed by atoms with E-state index in [1.54, 1.807) is 24.3 Å². The Morgan fingerprint density at radius 3 is 2.50 bits per heavy atom. The van der Waals surface area contributed by atoms with Crippen molar-refractivity contribution in [2.45, 2.75) is 13.3 Å². The summed E-state index contributed by atoms with van der Waals surface area (Å²) in [5, 5.41) is 14.2. The molecule has 5 nitrogen and oxygen atoms in total. The van der Waals surface area contributed by atoms with Gasteiger partial charge in [-0.3, -0.25) is 9.59 Å². The molecule has 0 saturated carbocycles. The molecule has 3 N–H and O–H groups in total. The van der Waals surface area contributed by atoms with Crippen LogP contribution in [0.3, 0.4) is 0 Å². The van der Waals surface area contributed by atoms with Crippen LogP contribution in [0.4, 0.5) is 0 Å². The average molecular weight is 343 g/mol. The molecule has 0 aliphatic carbocycles. The van der Waals surface area contributed by atoms with Crippen LogP contribution in [0.2, 0.25) is 0 Å². The summed E-state index contributed by atoms with van der Waals surface area (Å²) in [6.07, 6.45) is 0.223. The molecule has 0 radical (unpaired) electrons. The summed E-state index contributed by atoms with van der Waals surface area (Å²) in [6, 6.07) is 7.00. The monoisotopic (exact) mass is 342 g/mol. The van der Waals surface area contributed by atoms with E-state index >= 15 is 0 Å². The van der Waals surface area contributed by atoms with Gasteiger partial charge in [0.25, 0.3) is 5.91 Å². The number of rotatable bonds is 7. The molecule has 0 spiro atoms. The first kappa shape index (κ1) is 16.7. The molecule has 2 amide bonds. The summed E-state index contributed by atoms with van der Waals surface area (Å²) in [4.78, 5) is 23.2. The summed E-state index contributed by atoms with van der Waals surface area (Å²) < 4.78 is 0.909. The van der Waals surface area contributed by atoms with Crippen LogP contribution in [-0.4, -0.2) is 36.6 Å². The molecule has 1 rings (SSSR count). The van der Waals surface area contributed by atoms with Gasteiger partial charge in [-0.15, -0.1) is 0 Å². The van der Waals surface area contributed by atoms with E-state index in [1.165, 1.54) is 0 Å². The number of benzene rings is 1. The normalized spacial score (nSPS) is 11.8. The van der Waals surface area contributed by atoms with E-state index in [2.05, 4.69) is 26.6 Å². The van der Waals surface area contributed by atoms with Crippen LogP contribution < -0.4 is 10.6 Å². The largest absolute Gasteiger partial charge is 0.396 e. The van der Waals surface area contributed by atoms with Crippen LogP contribution in [0.1, 0.15) is 23.7 Å². The minimum absolute atomic E-state index is 0.0382. The third-order valence-corrected chi connectivity index (χ3v) is 3.23. The molecule has 0 saturated heterocycles. The van der Waals surface area contributed by atoms with Crippen LogP contribution in [0.5, 0.6) is 0 Å². The maximum absolute atomic E-state index is 11.8. The molecule has 110 valence electrons. The van der Waals surface area contributed by atoms with Crippen molar-refractivity contribution in [2.75, 3.05) is 19.7 Å². The van der Waals surface area contributed by atoms with Crippen molar-refractivity contribution < 1.29 is 14.7 Å². The molecule has 0 heterocycles. The zero-order chi connectivity index (χ0) is 15.0. The summed E-state index contributed by atoms with van der Waals surface area (Å²) in [6.45, 7) is 2.61. The van der Waals surface area contributed by atoms with Gasteiger partial charge in [-0.1, -0.05) is 22.9 Å². The Morgan fingerprint density at radius 1 is 1.25 bits per heavy atom. The van der Waals surface area contributed by atoms with Gasteiger partial charge in [0.1, 0.15) is 0 Å². The van der Waals surface area contributed by atoms with Crippen LogP contribution in [-0.2, 0) is 4.79 Å². The molecule has 1 aromatic carbocycles. The zero-order valence-corrected chi connectivity index (χ0v) is 12.9. The maximum Gasteiger partial charge on any atom is 0.251 e. The topological polar surface area (TPSA) is 78.4 Å². The molecule has 0 aromatic heterocycles. The quantitative estimate of drug-likeness (QED) is 0.699. The molecule has 6 heteroatoms. The summed E-state index contributed by atoms with van der Waals surface area (Å²) in [5.74, 6) is -0.299. The second-order valence-electron chi connectivity index (χ2n) is 4.60. The Kier molecular flexibility index (Phi) is 7.25. The Hall–Kier alpha value is -1.40.